The fourth-order valence-electron chi connectivity index (χ4n) is 2.32. The first-order chi connectivity index (χ1) is 7.18. The van der Waals surface area contributed by atoms with Crippen molar-refractivity contribution in [3.8, 4) is 0 Å². The van der Waals surface area contributed by atoms with Gasteiger partial charge in [0.05, 0.1) is 12.7 Å². The quantitative estimate of drug-likeness (QED) is 0.476. The normalized spacial score (nSPS) is 20.0. The van der Waals surface area contributed by atoms with Gasteiger partial charge in [-0.05, 0) is 31.1 Å². The first-order valence-electron chi connectivity index (χ1n) is 6.38. The van der Waals surface area contributed by atoms with Crippen LogP contribution in [0.25, 0.3) is 0 Å². The highest BCUT2D eigenvalue weighted by atomic mass is 16.7. The minimum Gasteiger partial charge on any atom is -0.355 e. The Labute approximate surface area is 94.3 Å². The van der Waals surface area contributed by atoms with Crippen LogP contribution in [0.5, 0.6) is 0 Å². The molecule has 0 amide bonds. The molecule has 0 spiro atoms. The van der Waals surface area contributed by atoms with Gasteiger partial charge in [0.25, 0.3) is 0 Å². The number of rotatable bonds is 7. The molecule has 0 unspecified atom stereocenters. The molecular weight excluding hydrogens is 188 g/mol. The zero-order valence-corrected chi connectivity index (χ0v) is 10.5. The lowest BCUT2D eigenvalue weighted by molar-refractivity contribution is -0.0949. The van der Waals surface area contributed by atoms with Crippen LogP contribution in [0.1, 0.15) is 52.9 Å². The molecule has 2 heteroatoms. The van der Waals surface area contributed by atoms with Gasteiger partial charge in [-0.15, -0.1) is 0 Å². The molecule has 0 bridgehead atoms. The molecule has 0 aromatic carbocycles. The maximum Gasteiger partial charge on any atom is 0.147 e. The van der Waals surface area contributed by atoms with Gasteiger partial charge in [0.1, 0.15) is 6.79 Å². The van der Waals surface area contributed by atoms with E-state index in [1.807, 2.05) is 0 Å². The standard InChI is InChI=1S/C13H26O2/c1-11(2)8-12(3)9-14-10-15-13-6-4-5-7-13/h11-13H,4-10H2,1-3H3/t12-/m0/s1. The van der Waals surface area contributed by atoms with Gasteiger partial charge in [-0.1, -0.05) is 33.6 Å². The molecular formula is C13H26O2. The molecule has 0 heterocycles. The molecule has 1 fully saturated rings. The summed E-state index contributed by atoms with van der Waals surface area (Å²) in [5.41, 5.74) is 0. The van der Waals surface area contributed by atoms with Crippen LogP contribution in [0, 0.1) is 11.8 Å². The smallest absolute Gasteiger partial charge is 0.147 e. The van der Waals surface area contributed by atoms with Crippen LogP contribution in [0.4, 0.5) is 0 Å². The molecule has 15 heavy (non-hydrogen) atoms. The molecule has 1 aliphatic rings. The molecule has 0 saturated heterocycles. The first kappa shape index (κ1) is 13.0. The highest BCUT2D eigenvalue weighted by Gasteiger charge is 2.15. The Balaban J connectivity index is 1.91. The highest BCUT2D eigenvalue weighted by Crippen LogP contribution is 2.20. The van der Waals surface area contributed by atoms with E-state index in [0.717, 1.165) is 12.5 Å². The lowest BCUT2D eigenvalue weighted by Gasteiger charge is -2.15. The van der Waals surface area contributed by atoms with E-state index in [4.69, 9.17) is 9.47 Å². The van der Waals surface area contributed by atoms with Crippen molar-refractivity contribution >= 4 is 0 Å². The molecule has 0 N–H and O–H groups in total. The number of ether oxygens (including phenoxy) is 2. The summed E-state index contributed by atoms with van der Waals surface area (Å²) in [7, 11) is 0. The fraction of sp³-hybridized carbons (Fsp3) is 1.00. The molecule has 0 aromatic rings. The van der Waals surface area contributed by atoms with Crippen molar-refractivity contribution in [3.63, 3.8) is 0 Å². The van der Waals surface area contributed by atoms with E-state index < -0.39 is 0 Å². The largest absolute Gasteiger partial charge is 0.355 e. The van der Waals surface area contributed by atoms with E-state index in [2.05, 4.69) is 20.8 Å². The Morgan fingerprint density at radius 3 is 2.40 bits per heavy atom. The lowest BCUT2D eigenvalue weighted by Crippen LogP contribution is -2.14. The molecule has 1 atom stereocenters. The molecule has 1 saturated carbocycles. The van der Waals surface area contributed by atoms with Crippen molar-refractivity contribution in [3.05, 3.63) is 0 Å². The predicted octanol–water partition coefficient (Wildman–Crippen LogP) is 3.60. The van der Waals surface area contributed by atoms with Crippen LogP contribution in [-0.2, 0) is 9.47 Å². The van der Waals surface area contributed by atoms with Crippen molar-refractivity contribution < 1.29 is 9.47 Å². The van der Waals surface area contributed by atoms with Crippen molar-refractivity contribution in [2.24, 2.45) is 11.8 Å². The van der Waals surface area contributed by atoms with E-state index >= 15 is 0 Å². The summed E-state index contributed by atoms with van der Waals surface area (Å²) in [5, 5.41) is 0. The Morgan fingerprint density at radius 1 is 1.13 bits per heavy atom. The van der Waals surface area contributed by atoms with Crippen LogP contribution in [0.3, 0.4) is 0 Å². The third kappa shape index (κ3) is 6.16. The second-order valence-corrected chi connectivity index (χ2v) is 5.30. The Bertz CT molecular complexity index is 151. The summed E-state index contributed by atoms with van der Waals surface area (Å²) in [6.07, 6.45) is 6.83. The van der Waals surface area contributed by atoms with E-state index in [0.29, 0.717) is 18.8 Å². The second kappa shape index (κ2) is 7.24. The Kier molecular flexibility index (Phi) is 6.26. The van der Waals surface area contributed by atoms with Gasteiger partial charge in [-0.3, -0.25) is 0 Å². The van der Waals surface area contributed by atoms with Crippen LogP contribution in [-0.4, -0.2) is 19.5 Å². The Morgan fingerprint density at radius 2 is 1.80 bits per heavy atom. The zero-order chi connectivity index (χ0) is 11.1. The summed E-state index contributed by atoms with van der Waals surface area (Å²) >= 11 is 0. The molecule has 0 aliphatic heterocycles. The topological polar surface area (TPSA) is 18.5 Å². The van der Waals surface area contributed by atoms with E-state index in [1.165, 1.54) is 32.1 Å². The van der Waals surface area contributed by atoms with Crippen molar-refractivity contribution in [1.29, 1.82) is 0 Å². The number of hydrogen-bond acceptors (Lipinski definition) is 2. The van der Waals surface area contributed by atoms with Crippen molar-refractivity contribution in [1.82, 2.24) is 0 Å². The Hall–Kier alpha value is -0.0800. The molecule has 0 aromatic heterocycles. The van der Waals surface area contributed by atoms with Gasteiger partial charge >= 0.3 is 0 Å². The van der Waals surface area contributed by atoms with Crippen LogP contribution in [0.2, 0.25) is 0 Å². The SMILES string of the molecule is CC(C)C[C@H](C)COCOC1CCCC1. The van der Waals surface area contributed by atoms with Gasteiger partial charge in [-0.25, -0.2) is 0 Å². The molecule has 1 rings (SSSR count). The molecule has 0 radical (unpaired) electrons. The number of hydrogen-bond donors (Lipinski definition) is 0. The van der Waals surface area contributed by atoms with Crippen LogP contribution in [0.15, 0.2) is 0 Å². The van der Waals surface area contributed by atoms with Crippen molar-refractivity contribution in [2.45, 2.75) is 59.0 Å². The van der Waals surface area contributed by atoms with Gasteiger partial charge in [-0.2, -0.15) is 0 Å². The fourth-order valence-corrected chi connectivity index (χ4v) is 2.32. The van der Waals surface area contributed by atoms with E-state index in [9.17, 15) is 0 Å². The third-order valence-electron chi connectivity index (χ3n) is 2.97. The van der Waals surface area contributed by atoms with Gasteiger partial charge in [0.2, 0.25) is 0 Å². The van der Waals surface area contributed by atoms with Crippen LogP contribution >= 0.6 is 0 Å². The minimum atomic E-state index is 0.477. The minimum absolute atomic E-state index is 0.477. The average molecular weight is 214 g/mol. The highest BCUT2D eigenvalue weighted by molar-refractivity contribution is 4.65. The maximum atomic E-state index is 5.64. The first-order valence-corrected chi connectivity index (χ1v) is 6.38. The molecule has 1 aliphatic carbocycles. The van der Waals surface area contributed by atoms with Crippen molar-refractivity contribution in [2.75, 3.05) is 13.4 Å². The second-order valence-electron chi connectivity index (χ2n) is 5.30. The third-order valence-corrected chi connectivity index (χ3v) is 2.97. The average Bonchev–Trinajstić information content (AvgIpc) is 2.63. The van der Waals surface area contributed by atoms with Gasteiger partial charge in [0.15, 0.2) is 0 Å². The summed E-state index contributed by atoms with van der Waals surface area (Å²) in [6.45, 7) is 8.09. The van der Waals surface area contributed by atoms with E-state index in [1.54, 1.807) is 0 Å². The molecule has 2 nitrogen and oxygen atoms in total. The maximum absolute atomic E-state index is 5.64. The molecule has 90 valence electrons. The summed E-state index contributed by atoms with van der Waals surface area (Å²) in [5.74, 6) is 1.41. The van der Waals surface area contributed by atoms with Gasteiger partial charge in [0, 0.05) is 0 Å². The summed E-state index contributed by atoms with van der Waals surface area (Å²) < 4.78 is 11.2. The predicted molar refractivity (Wildman–Crippen MR) is 62.8 cm³/mol. The summed E-state index contributed by atoms with van der Waals surface area (Å²) in [4.78, 5) is 0. The zero-order valence-electron chi connectivity index (χ0n) is 10.5. The lowest BCUT2D eigenvalue weighted by atomic mass is 10.00. The monoisotopic (exact) mass is 214 g/mol. The van der Waals surface area contributed by atoms with Crippen LogP contribution < -0.4 is 0 Å². The van der Waals surface area contributed by atoms with E-state index in [-0.39, 0.29) is 0 Å². The van der Waals surface area contributed by atoms with Gasteiger partial charge < -0.3 is 9.47 Å². The summed E-state index contributed by atoms with van der Waals surface area (Å²) in [6, 6.07) is 0.